The van der Waals surface area contributed by atoms with Crippen molar-refractivity contribution >= 4 is 55.0 Å². The summed E-state index contributed by atoms with van der Waals surface area (Å²) in [6, 6.07) is 63.3. The second-order valence-corrected chi connectivity index (χ2v) is 13.4. The van der Waals surface area contributed by atoms with E-state index in [1.165, 1.54) is 21.5 Å². The molecule has 0 spiro atoms. The number of aromatic nitrogens is 2. The van der Waals surface area contributed by atoms with Gasteiger partial charge in [-0.15, -0.1) is 0 Å². The highest BCUT2D eigenvalue weighted by atomic mass is 15.0. The molecule has 0 aliphatic carbocycles. The van der Waals surface area contributed by atoms with Crippen molar-refractivity contribution in [3.8, 4) is 44.8 Å². The van der Waals surface area contributed by atoms with E-state index in [1.807, 2.05) is 24.3 Å². The Balaban J connectivity index is 1.45. The summed E-state index contributed by atoms with van der Waals surface area (Å²) in [5, 5.41) is 4.70. The molecule has 0 amide bonds. The lowest BCUT2D eigenvalue weighted by Crippen LogP contribution is -2.02. The normalized spacial score (nSPS) is 11.3. The van der Waals surface area contributed by atoms with E-state index in [2.05, 4.69) is 170 Å². The van der Waals surface area contributed by atoms with Crippen molar-refractivity contribution in [2.24, 2.45) is 0 Å². The predicted molar refractivity (Wildman–Crippen MR) is 224 cm³/mol. The zero-order valence-electron chi connectivity index (χ0n) is 29.1. The Morgan fingerprint density at radius 2 is 0.907 bits per heavy atom. The van der Waals surface area contributed by atoms with Crippen LogP contribution >= 0.6 is 0 Å². The Morgan fingerprint density at radius 3 is 1.50 bits per heavy atom. The molecule has 4 heteroatoms. The van der Waals surface area contributed by atoms with Crippen LogP contribution in [0.2, 0.25) is 0 Å². The summed E-state index contributed by atoms with van der Waals surface area (Å²) in [6.45, 7) is 16.2. The Morgan fingerprint density at radius 1 is 0.389 bits per heavy atom. The molecule has 4 nitrogen and oxygen atoms in total. The van der Waals surface area contributed by atoms with Crippen LogP contribution < -0.4 is 0 Å². The Bertz CT molecular complexity index is 3060. The van der Waals surface area contributed by atoms with Crippen molar-refractivity contribution in [1.29, 1.82) is 0 Å². The molecule has 2 heterocycles. The van der Waals surface area contributed by atoms with Crippen molar-refractivity contribution in [3.05, 3.63) is 205 Å². The summed E-state index contributed by atoms with van der Waals surface area (Å²) >= 11 is 0. The van der Waals surface area contributed by atoms with Gasteiger partial charge in [0.25, 0.3) is 0 Å². The molecule has 0 radical (unpaired) electrons. The van der Waals surface area contributed by atoms with Crippen LogP contribution in [0.25, 0.3) is 98.1 Å². The fraction of sp³-hybridized carbons (Fsp3) is 0. The first-order valence-electron chi connectivity index (χ1n) is 17.9. The zero-order chi connectivity index (χ0) is 36.2. The van der Waals surface area contributed by atoms with Crippen LogP contribution in [0.4, 0.5) is 11.4 Å². The third-order valence-electron chi connectivity index (χ3n) is 10.5. The average Bonchev–Trinajstić information content (AvgIpc) is 3.76. The average molecular weight is 687 g/mol. The molecule has 0 fully saturated rings. The van der Waals surface area contributed by atoms with Crippen LogP contribution in [0, 0.1) is 13.1 Å². The zero-order valence-corrected chi connectivity index (χ0v) is 29.1. The van der Waals surface area contributed by atoms with Gasteiger partial charge in [-0.3, -0.25) is 0 Å². The van der Waals surface area contributed by atoms with E-state index < -0.39 is 0 Å². The molecule has 8 aromatic carbocycles. The molecule has 54 heavy (non-hydrogen) atoms. The summed E-state index contributed by atoms with van der Waals surface area (Å²) in [7, 11) is 0. The first-order valence-corrected chi connectivity index (χ1v) is 17.9. The number of hydrogen-bond acceptors (Lipinski definition) is 0. The van der Waals surface area contributed by atoms with Crippen LogP contribution in [0.15, 0.2) is 182 Å². The molecular formula is C50H30N4. The van der Waals surface area contributed by atoms with Gasteiger partial charge in [-0.2, -0.15) is 0 Å². The smallest absolute Gasteiger partial charge is 0.184 e. The fourth-order valence-corrected chi connectivity index (χ4v) is 8.30. The Kier molecular flexibility index (Phi) is 7.22. The summed E-state index contributed by atoms with van der Waals surface area (Å²) in [4.78, 5) is 7.81. The van der Waals surface area contributed by atoms with Gasteiger partial charge in [-0.1, -0.05) is 140 Å². The largest absolute Gasteiger partial charge is 0.309 e. The maximum Gasteiger partial charge on any atom is 0.184 e. The molecule has 0 N–H and O–H groups in total. The third kappa shape index (κ3) is 4.68. The highest BCUT2D eigenvalue weighted by molar-refractivity contribution is 6.26. The van der Waals surface area contributed by atoms with Crippen LogP contribution in [0.5, 0.6) is 0 Å². The molecule has 10 rings (SSSR count). The van der Waals surface area contributed by atoms with Crippen LogP contribution in [0.1, 0.15) is 0 Å². The first-order chi connectivity index (χ1) is 26.7. The lowest BCUT2D eigenvalue weighted by Gasteiger charge is -2.22. The molecule has 0 bridgehead atoms. The number of benzene rings is 8. The van der Waals surface area contributed by atoms with Gasteiger partial charge in [0.2, 0.25) is 0 Å². The molecule has 0 saturated heterocycles. The molecule has 0 unspecified atom stereocenters. The predicted octanol–water partition coefficient (Wildman–Crippen LogP) is 14.0. The lowest BCUT2D eigenvalue weighted by atomic mass is 9.89. The van der Waals surface area contributed by atoms with E-state index >= 15 is 0 Å². The van der Waals surface area contributed by atoms with Crippen molar-refractivity contribution in [2.45, 2.75) is 0 Å². The van der Waals surface area contributed by atoms with Gasteiger partial charge >= 0.3 is 0 Å². The van der Waals surface area contributed by atoms with E-state index in [0.717, 1.165) is 61.3 Å². The summed E-state index contributed by atoms with van der Waals surface area (Å²) in [6.07, 6.45) is 0. The van der Waals surface area contributed by atoms with Gasteiger partial charge < -0.3 is 9.13 Å². The maximum absolute atomic E-state index is 8.10. The van der Waals surface area contributed by atoms with Gasteiger partial charge in [-0.05, 0) is 64.7 Å². The Hall–Kier alpha value is -7.66. The highest BCUT2D eigenvalue weighted by Gasteiger charge is 2.25. The molecule has 0 saturated carbocycles. The van der Waals surface area contributed by atoms with Crippen molar-refractivity contribution in [1.82, 2.24) is 9.13 Å². The van der Waals surface area contributed by atoms with Gasteiger partial charge in [0.15, 0.2) is 11.4 Å². The second-order valence-electron chi connectivity index (χ2n) is 13.4. The SMILES string of the molecule is [C-]#[N+]c1cccc([N+]#[C-])c1-c1cc(-c2ccccc2)c(-n2c3ccccc3c3ccc4c(c5ccccc5n4-c4ccccc4)c32)c(-c2ccccc2)c1. The van der Waals surface area contributed by atoms with E-state index in [9.17, 15) is 0 Å². The third-order valence-corrected chi connectivity index (χ3v) is 10.5. The van der Waals surface area contributed by atoms with E-state index in [0.29, 0.717) is 16.9 Å². The van der Waals surface area contributed by atoms with Gasteiger partial charge in [0, 0.05) is 38.4 Å². The van der Waals surface area contributed by atoms with E-state index in [1.54, 1.807) is 6.07 Å². The van der Waals surface area contributed by atoms with Crippen molar-refractivity contribution in [2.75, 3.05) is 0 Å². The van der Waals surface area contributed by atoms with Gasteiger partial charge in [0.1, 0.15) is 0 Å². The topological polar surface area (TPSA) is 18.6 Å². The Labute approximate surface area is 312 Å². The minimum absolute atomic E-state index is 0.460. The number of nitrogens with zero attached hydrogens (tertiary/aromatic N) is 4. The molecule has 0 aliphatic rings. The van der Waals surface area contributed by atoms with Crippen molar-refractivity contribution in [3.63, 3.8) is 0 Å². The van der Waals surface area contributed by atoms with Gasteiger partial charge in [0.05, 0.1) is 40.9 Å². The minimum atomic E-state index is 0.460. The van der Waals surface area contributed by atoms with Crippen molar-refractivity contribution < 1.29 is 0 Å². The summed E-state index contributed by atoms with van der Waals surface area (Å²) < 4.78 is 4.85. The molecule has 2 aromatic heterocycles. The number of fused-ring (bicyclic) bond motifs is 7. The summed E-state index contributed by atoms with van der Waals surface area (Å²) in [5.41, 5.74) is 13.2. The fourth-order valence-electron chi connectivity index (χ4n) is 8.30. The van der Waals surface area contributed by atoms with Crippen LogP contribution in [-0.2, 0) is 0 Å². The molecule has 250 valence electrons. The molecule has 10 aromatic rings. The van der Waals surface area contributed by atoms with Gasteiger partial charge in [-0.25, -0.2) is 9.69 Å². The van der Waals surface area contributed by atoms with Crippen LogP contribution in [-0.4, -0.2) is 9.13 Å². The van der Waals surface area contributed by atoms with E-state index in [-0.39, 0.29) is 0 Å². The number of rotatable bonds is 5. The maximum atomic E-state index is 8.10. The standard InChI is InChI=1S/C50H30N4/c1-51-42-25-16-26-43(52-2)47(42)35-31-40(33-17-6-3-7-18-33)49(41(32-35)34-19-8-4-9-20-34)54-44-27-14-12-23-37(44)38-29-30-46-48(50(38)54)39-24-13-15-28-45(39)53(46)36-21-10-5-11-22-36/h3-32H. The lowest BCUT2D eigenvalue weighted by molar-refractivity contribution is 1.17. The molecular weight excluding hydrogens is 657 g/mol. The molecule has 0 atom stereocenters. The number of hydrogen-bond donors (Lipinski definition) is 0. The monoisotopic (exact) mass is 686 g/mol. The quantitative estimate of drug-likeness (QED) is 0.161. The highest BCUT2D eigenvalue weighted by Crippen LogP contribution is 2.49. The second kappa shape index (κ2) is 12.5. The van der Waals surface area contributed by atoms with E-state index in [4.69, 9.17) is 13.1 Å². The number of para-hydroxylation sites is 3. The minimum Gasteiger partial charge on any atom is -0.309 e. The molecule has 0 aliphatic heterocycles. The summed E-state index contributed by atoms with van der Waals surface area (Å²) in [5.74, 6) is 0. The van der Waals surface area contributed by atoms with Crippen LogP contribution in [0.3, 0.4) is 0 Å². The first kappa shape index (κ1) is 31.1.